The average molecular weight is 310 g/mol. The minimum absolute atomic E-state index is 0.180. The summed E-state index contributed by atoms with van der Waals surface area (Å²) in [4.78, 5) is 46.3. The Balaban J connectivity index is 2.41. The van der Waals surface area contributed by atoms with Crippen molar-refractivity contribution in [3.8, 4) is 0 Å². The van der Waals surface area contributed by atoms with Crippen molar-refractivity contribution in [2.45, 2.75) is 6.54 Å². The molecule has 1 N–H and O–H groups in total. The van der Waals surface area contributed by atoms with Crippen LogP contribution in [0.25, 0.3) is 0 Å². The highest BCUT2D eigenvalue weighted by Gasteiger charge is 2.17. The Morgan fingerprint density at radius 1 is 1.33 bits per heavy atom. The van der Waals surface area contributed by atoms with E-state index >= 15 is 0 Å². The monoisotopic (exact) mass is 309 g/mol. The van der Waals surface area contributed by atoms with E-state index in [-0.39, 0.29) is 10.6 Å². The molecule has 0 radical (unpaired) electrons. The molecule has 1 heterocycles. The topological polar surface area (TPSA) is 115 Å². The number of aromatic amines is 1. The van der Waals surface area contributed by atoms with E-state index in [9.17, 15) is 24.5 Å². The van der Waals surface area contributed by atoms with Crippen LogP contribution in [0.3, 0.4) is 0 Å². The molecule has 0 unspecified atom stereocenters. The van der Waals surface area contributed by atoms with Gasteiger partial charge in [0, 0.05) is 5.56 Å². The summed E-state index contributed by atoms with van der Waals surface area (Å²) < 4.78 is 0.755. The van der Waals surface area contributed by atoms with Gasteiger partial charge in [-0.05, 0) is 12.1 Å². The smallest absolute Gasteiger partial charge is 0.292 e. The SMILES string of the molecule is O=C(Cn1cc([N+](=O)[O-])c(=O)[nH]c1=O)c1ccccc1Cl. The second kappa shape index (κ2) is 5.71. The Labute approximate surface area is 121 Å². The fraction of sp³-hybridized carbons (Fsp3) is 0.0833. The third-order valence-electron chi connectivity index (χ3n) is 2.68. The maximum atomic E-state index is 12.0. The molecular weight excluding hydrogens is 302 g/mol. The van der Waals surface area contributed by atoms with Gasteiger partial charge in [-0.15, -0.1) is 0 Å². The van der Waals surface area contributed by atoms with E-state index in [1.54, 1.807) is 17.1 Å². The number of hydrogen-bond acceptors (Lipinski definition) is 5. The van der Waals surface area contributed by atoms with Gasteiger partial charge in [-0.3, -0.25) is 29.3 Å². The van der Waals surface area contributed by atoms with Gasteiger partial charge in [0.25, 0.3) is 0 Å². The molecule has 2 aromatic rings. The minimum atomic E-state index is -1.12. The first-order chi connectivity index (χ1) is 9.90. The van der Waals surface area contributed by atoms with E-state index in [0.29, 0.717) is 0 Å². The van der Waals surface area contributed by atoms with Crippen LogP contribution in [0.1, 0.15) is 10.4 Å². The maximum absolute atomic E-state index is 12.0. The van der Waals surface area contributed by atoms with Crippen molar-refractivity contribution in [2.75, 3.05) is 0 Å². The Bertz CT molecular complexity index is 839. The number of nitrogens with zero attached hydrogens (tertiary/aromatic N) is 2. The molecule has 1 aromatic heterocycles. The Morgan fingerprint density at radius 2 is 2.00 bits per heavy atom. The summed E-state index contributed by atoms with van der Waals surface area (Å²) in [6.07, 6.45) is 0.732. The number of ketones is 1. The second-order valence-corrected chi connectivity index (χ2v) is 4.47. The zero-order valence-electron chi connectivity index (χ0n) is 10.4. The first kappa shape index (κ1) is 14.7. The van der Waals surface area contributed by atoms with Crippen LogP contribution in [0.5, 0.6) is 0 Å². The van der Waals surface area contributed by atoms with Crippen LogP contribution in [0.4, 0.5) is 5.69 Å². The van der Waals surface area contributed by atoms with Crippen LogP contribution in [-0.4, -0.2) is 20.3 Å². The molecule has 0 spiro atoms. The highest BCUT2D eigenvalue weighted by molar-refractivity contribution is 6.33. The summed E-state index contributed by atoms with van der Waals surface area (Å²) in [5, 5.41) is 10.9. The number of rotatable bonds is 4. The molecule has 21 heavy (non-hydrogen) atoms. The van der Waals surface area contributed by atoms with E-state index in [1.807, 2.05) is 0 Å². The second-order valence-electron chi connectivity index (χ2n) is 4.06. The number of H-pyrrole nitrogens is 1. The third-order valence-corrected chi connectivity index (χ3v) is 3.01. The summed E-state index contributed by atoms with van der Waals surface area (Å²) in [5.74, 6) is -0.510. The van der Waals surface area contributed by atoms with Crippen molar-refractivity contribution in [1.29, 1.82) is 0 Å². The van der Waals surface area contributed by atoms with Gasteiger partial charge in [-0.1, -0.05) is 23.7 Å². The Kier molecular flexibility index (Phi) is 3.99. The molecule has 8 nitrogen and oxygen atoms in total. The molecule has 0 bridgehead atoms. The number of halogens is 1. The lowest BCUT2D eigenvalue weighted by Gasteiger charge is -2.05. The van der Waals surface area contributed by atoms with Gasteiger partial charge in [0.1, 0.15) is 0 Å². The summed E-state index contributed by atoms with van der Waals surface area (Å²) >= 11 is 5.86. The number of hydrogen-bond donors (Lipinski definition) is 1. The summed E-state index contributed by atoms with van der Waals surface area (Å²) in [6, 6.07) is 6.20. The standard InChI is InChI=1S/C12H8ClN3O5/c13-8-4-2-1-3-7(8)10(17)6-15-5-9(16(20)21)11(18)14-12(15)19/h1-5H,6H2,(H,14,18,19). The fourth-order valence-electron chi connectivity index (χ4n) is 1.67. The van der Waals surface area contributed by atoms with Gasteiger partial charge in [-0.2, -0.15) is 0 Å². The molecule has 0 saturated heterocycles. The lowest BCUT2D eigenvalue weighted by Crippen LogP contribution is -2.32. The lowest BCUT2D eigenvalue weighted by molar-refractivity contribution is -0.386. The van der Waals surface area contributed by atoms with Gasteiger partial charge in [-0.25, -0.2) is 4.79 Å². The predicted molar refractivity (Wildman–Crippen MR) is 73.8 cm³/mol. The van der Waals surface area contributed by atoms with E-state index in [4.69, 9.17) is 11.6 Å². The van der Waals surface area contributed by atoms with Crippen molar-refractivity contribution in [3.63, 3.8) is 0 Å². The van der Waals surface area contributed by atoms with Gasteiger partial charge < -0.3 is 0 Å². The van der Waals surface area contributed by atoms with Crippen LogP contribution < -0.4 is 11.2 Å². The third kappa shape index (κ3) is 3.06. The molecule has 1 aromatic carbocycles. The molecule has 0 amide bonds. The highest BCUT2D eigenvalue weighted by atomic mass is 35.5. The van der Waals surface area contributed by atoms with Crippen LogP contribution in [0.15, 0.2) is 40.1 Å². The number of aromatic nitrogens is 2. The number of nitrogens with one attached hydrogen (secondary N) is 1. The molecule has 0 atom stereocenters. The van der Waals surface area contributed by atoms with Crippen molar-refractivity contribution in [3.05, 3.63) is 72.0 Å². The highest BCUT2D eigenvalue weighted by Crippen LogP contribution is 2.16. The van der Waals surface area contributed by atoms with E-state index in [1.165, 1.54) is 12.1 Å². The molecule has 0 aliphatic carbocycles. The van der Waals surface area contributed by atoms with Gasteiger partial charge in [0.2, 0.25) is 0 Å². The van der Waals surface area contributed by atoms with E-state index in [0.717, 1.165) is 10.8 Å². The number of benzene rings is 1. The van der Waals surface area contributed by atoms with Gasteiger partial charge >= 0.3 is 16.9 Å². The number of Topliss-reactive ketones (excluding diaryl/α,β-unsaturated/α-hetero) is 1. The maximum Gasteiger partial charge on any atom is 0.350 e. The van der Waals surface area contributed by atoms with Crippen molar-refractivity contribution < 1.29 is 9.72 Å². The van der Waals surface area contributed by atoms with Crippen molar-refractivity contribution in [1.82, 2.24) is 9.55 Å². The molecule has 2 rings (SSSR count). The zero-order chi connectivity index (χ0) is 15.6. The van der Waals surface area contributed by atoms with Crippen LogP contribution in [0.2, 0.25) is 5.02 Å². The predicted octanol–water partition coefficient (Wildman–Crippen LogP) is 0.981. The van der Waals surface area contributed by atoms with Crippen molar-refractivity contribution >= 4 is 23.1 Å². The number of carbonyl (C=O) groups excluding carboxylic acids is 1. The number of nitro groups is 1. The molecule has 108 valence electrons. The molecular formula is C12H8ClN3O5. The Morgan fingerprint density at radius 3 is 2.62 bits per heavy atom. The Hall–Kier alpha value is -2.74. The van der Waals surface area contributed by atoms with Crippen LogP contribution in [0, 0.1) is 10.1 Å². The first-order valence-electron chi connectivity index (χ1n) is 5.66. The van der Waals surface area contributed by atoms with E-state index < -0.39 is 34.2 Å². The summed E-state index contributed by atoms with van der Waals surface area (Å²) in [7, 11) is 0. The first-order valence-corrected chi connectivity index (χ1v) is 6.04. The summed E-state index contributed by atoms with van der Waals surface area (Å²) in [6.45, 7) is -0.472. The van der Waals surface area contributed by atoms with Crippen molar-refractivity contribution in [2.24, 2.45) is 0 Å². The quantitative estimate of drug-likeness (QED) is 0.513. The lowest BCUT2D eigenvalue weighted by atomic mass is 10.1. The van der Waals surface area contributed by atoms with E-state index in [2.05, 4.69) is 0 Å². The normalized spacial score (nSPS) is 10.3. The van der Waals surface area contributed by atoms with Gasteiger partial charge in [0.05, 0.1) is 22.7 Å². The largest absolute Gasteiger partial charge is 0.350 e. The fourth-order valence-corrected chi connectivity index (χ4v) is 1.91. The minimum Gasteiger partial charge on any atom is -0.292 e. The van der Waals surface area contributed by atoms with Gasteiger partial charge in [0.15, 0.2) is 5.78 Å². The summed E-state index contributed by atoms with van der Waals surface area (Å²) in [5.41, 5.74) is -2.67. The molecule has 0 fully saturated rings. The molecule has 9 heteroatoms. The average Bonchev–Trinajstić information content (AvgIpc) is 2.41. The zero-order valence-corrected chi connectivity index (χ0v) is 11.2. The van der Waals surface area contributed by atoms with Crippen LogP contribution in [-0.2, 0) is 6.54 Å². The van der Waals surface area contributed by atoms with Crippen LogP contribution >= 0.6 is 11.6 Å². The molecule has 0 aliphatic heterocycles. The molecule has 0 aliphatic rings. The number of carbonyl (C=O) groups is 1. The molecule has 0 saturated carbocycles.